The Bertz CT molecular complexity index is 5060. The molecule has 42 heteroatoms. The fraction of sp³-hybridized carbons (Fsp3) is 0.589. The van der Waals surface area contributed by atoms with Crippen molar-refractivity contribution < 1.29 is 136 Å². The lowest BCUT2D eigenvalue weighted by atomic mass is 9.88. The highest BCUT2D eigenvalue weighted by molar-refractivity contribution is 6.31. The van der Waals surface area contributed by atoms with E-state index in [1.54, 1.807) is 77.3 Å². The van der Waals surface area contributed by atoms with Crippen LogP contribution in [0, 0.1) is 76.3 Å². The Balaban J connectivity index is 0.000000274. The third kappa shape index (κ3) is 43.9. The molecule has 2 N–H and O–H groups in total. The second-order valence-electron chi connectivity index (χ2n) is 39.7. The highest BCUT2D eigenvalue weighted by Crippen LogP contribution is 2.39. The van der Waals surface area contributed by atoms with Crippen LogP contribution in [-0.4, -0.2) is 281 Å². The van der Waals surface area contributed by atoms with Gasteiger partial charge in [0.1, 0.15) is 46.3 Å². The van der Waals surface area contributed by atoms with E-state index in [0.29, 0.717) is 125 Å². The van der Waals surface area contributed by atoms with E-state index >= 15 is 0 Å². The van der Waals surface area contributed by atoms with E-state index in [0.717, 1.165) is 126 Å². The molecular formula is C107H142Cl2F18N10O12. The molecule has 4 heterocycles. The van der Waals surface area contributed by atoms with E-state index in [-0.39, 0.29) is 110 Å². The smallest absolute Gasteiger partial charge is 0.403 e. The Labute approximate surface area is 871 Å². The number of halogens is 20. The number of carbonyl (C=O) groups excluding carboxylic acids is 8. The van der Waals surface area contributed by atoms with Crippen LogP contribution in [0.3, 0.4) is 0 Å². The van der Waals surface area contributed by atoms with E-state index < -0.39 is 107 Å². The third-order valence-corrected chi connectivity index (χ3v) is 26.5. The number of ketones is 6. The van der Waals surface area contributed by atoms with Crippen molar-refractivity contribution in [3.8, 4) is 23.0 Å². The SMILES string of the molecule is CC(=O)N1CCN(C[C@@H](C(=O)C(C)C)c2ccc(OC(F)(F)F)c(F)c2)CC1.CC(=O)N1CCN(C[C@H](C(=O)C(C)C)c2ccc(OC(F)(F)F)c(F)c2)CC1.CC(C)C(=O)[C@H](CNCC1CC1)c1ccc(Cl)c(F)c1.CC(C)NC[C@@H](C(=O)C(C)C)c1ccc(Cl)c(F)c1.CCN1CCN(C[C@@H](C(=O)C(C)C)c2ccc(OC(F)(F)F)c(F)c2)CC1.CCN1CCN(C[C@H](C(=O)C(C)C)c2ccc(OC(F)(F)F)c(F)c2)CC1. The molecule has 149 heavy (non-hydrogen) atoms. The summed E-state index contributed by atoms with van der Waals surface area (Å²) in [5.74, 6) is -13.1. The Morgan fingerprint density at radius 3 is 0.718 bits per heavy atom. The highest BCUT2D eigenvalue weighted by atomic mass is 35.5. The number of nitrogens with zero attached hydrogens (tertiary/aromatic N) is 8. The van der Waals surface area contributed by atoms with Crippen molar-refractivity contribution >= 4 is 69.7 Å². The summed E-state index contributed by atoms with van der Waals surface area (Å²) < 4.78 is 246. The molecule has 0 radical (unpaired) electrons. The van der Waals surface area contributed by atoms with Crippen LogP contribution in [0.25, 0.3) is 0 Å². The van der Waals surface area contributed by atoms with E-state index in [1.165, 1.54) is 75.2 Å². The molecule has 0 bridgehead atoms. The van der Waals surface area contributed by atoms with Gasteiger partial charge in [0.15, 0.2) is 46.3 Å². The summed E-state index contributed by atoms with van der Waals surface area (Å²) in [5.41, 5.74) is 2.74. The van der Waals surface area contributed by atoms with Gasteiger partial charge in [-0.15, -0.1) is 52.7 Å². The van der Waals surface area contributed by atoms with Crippen molar-refractivity contribution in [2.75, 3.05) is 164 Å². The molecule has 22 nitrogen and oxygen atoms in total. The summed E-state index contributed by atoms with van der Waals surface area (Å²) in [6.45, 7) is 49.2. The first-order valence-electron chi connectivity index (χ1n) is 50.1. The van der Waals surface area contributed by atoms with Gasteiger partial charge >= 0.3 is 25.4 Å². The van der Waals surface area contributed by atoms with Crippen LogP contribution < -0.4 is 29.6 Å². The van der Waals surface area contributed by atoms with E-state index in [1.807, 2.05) is 51.3 Å². The molecule has 4 aliphatic heterocycles. The number of likely N-dealkylation sites (N-methyl/N-ethyl adjacent to an activating group) is 2. The average Bonchev–Trinajstić information content (AvgIpc) is 1.62. The van der Waals surface area contributed by atoms with Crippen molar-refractivity contribution in [1.29, 1.82) is 0 Å². The van der Waals surface area contributed by atoms with Crippen LogP contribution in [0.4, 0.5) is 79.0 Å². The van der Waals surface area contributed by atoms with Crippen molar-refractivity contribution in [3.05, 3.63) is 188 Å². The van der Waals surface area contributed by atoms with Gasteiger partial charge in [-0.3, -0.25) is 58.0 Å². The Hall–Kier alpha value is -9.52. The van der Waals surface area contributed by atoms with Gasteiger partial charge in [-0.25, -0.2) is 26.3 Å². The Kier molecular flexibility index (Phi) is 51.3. The molecule has 2 amide bonds. The van der Waals surface area contributed by atoms with Gasteiger partial charge in [-0.05, 0) is 145 Å². The van der Waals surface area contributed by atoms with Gasteiger partial charge in [-0.1, -0.05) is 170 Å². The minimum atomic E-state index is -4.99. The van der Waals surface area contributed by atoms with Crippen molar-refractivity contribution in [2.45, 2.75) is 204 Å². The molecule has 5 fully saturated rings. The normalized spacial score (nSPS) is 16.7. The van der Waals surface area contributed by atoms with Crippen LogP contribution in [-0.2, 0) is 38.4 Å². The minimum Gasteiger partial charge on any atom is -0.403 e. The number of benzene rings is 6. The summed E-state index contributed by atoms with van der Waals surface area (Å²) in [6, 6.07) is 22.3. The van der Waals surface area contributed by atoms with E-state index in [9.17, 15) is 117 Å². The molecule has 6 aromatic carbocycles. The van der Waals surface area contributed by atoms with Crippen LogP contribution in [0.5, 0.6) is 23.0 Å². The summed E-state index contributed by atoms with van der Waals surface area (Å²) in [7, 11) is 0. The summed E-state index contributed by atoms with van der Waals surface area (Å²) in [6.07, 6.45) is -17.4. The fourth-order valence-corrected chi connectivity index (χ4v) is 17.3. The number of piperazine rings is 4. The fourth-order valence-electron chi connectivity index (χ4n) is 17.0. The van der Waals surface area contributed by atoms with Crippen LogP contribution in [0.2, 0.25) is 10.0 Å². The molecule has 0 spiro atoms. The molecule has 11 rings (SSSR count). The second-order valence-corrected chi connectivity index (χ2v) is 40.5. The molecule has 5 aliphatic rings. The zero-order valence-corrected chi connectivity index (χ0v) is 89.1. The first kappa shape index (κ1) is 128. The van der Waals surface area contributed by atoms with Gasteiger partial charge in [0.2, 0.25) is 11.8 Å². The van der Waals surface area contributed by atoms with Gasteiger partial charge in [0.05, 0.1) is 45.6 Å². The maximum Gasteiger partial charge on any atom is 0.573 e. The van der Waals surface area contributed by atoms with Gasteiger partial charge in [0, 0.05) is 199 Å². The second kappa shape index (κ2) is 59.6. The third-order valence-electron chi connectivity index (χ3n) is 25.9. The molecule has 832 valence electrons. The quantitative estimate of drug-likeness (QED) is 0.0342. The van der Waals surface area contributed by atoms with Crippen molar-refractivity contribution in [3.63, 3.8) is 0 Å². The maximum absolute atomic E-state index is 14.1. The summed E-state index contributed by atoms with van der Waals surface area (Å²) in [5, 5.41) is 6.75. The number of nitrogens with one attached hydrogen (secondary N) is 2. The van der Waals surface area contributed by atoms with Crippen LogP contribution in [0.15, 0.2) is 109 Å². The highest BCUT2D eigenvalue weighted by Gasteiger charge is 2.41. The molecule has 6 aromatic rings. The van der Waals surface area contributed by atoms with E-state index in [4.69, 9.17) is 23.2 Å². The molecular weight excluding hydrogens is 2030 g/mol. The zero-order valence-electron chi connectivity index (χ0n) is 87.6. The van der Waals surface area contributed by atoms with Crippen molar-refractivity contribution in [1.82, 2.24) is 49.8 Å². The molecule has 4 saturated heterocycles. The first-order valence-corrected chi connectivity index (χ1v) is 50.9. The first-order chi connectivity index (χ1) is 69.5. The lowest BCUT2D eigenvalue weighted by molar-refractivity contribution is -0.276. The van der Waals surface area contributed by atoms with Gasteiger partial charge in [-0.2, -0.15) is 0 Å². The van der Waals surface area contributed by atoms with E-state index in [2.05, 4.69) is 63.0 Å². The number of alkyl halides is 12. The number of carbonyl (C=O) groups is 8. The lowest BCUT2D eigenvalue weighted by Crippen LogP contribution is -2.49. The molecule has 6 atom stereocenters. The predicted molar refractivity (Wildman–Crippen MR) is 534 cm³/mol. The average molecular weight is 2170 g/mol. The van der Waals surface area contributed by atoms with Crippen LogP contribution >= 0.6 is 23.2 Å². The Morgan fingerprint density at radius 1 is 0.309 bits per heavy atom. The number of rotatable bonds is 39. The largest absolute Gasteiger partial charge is 0.573 e. The number of amides is 2. The van der Waals surface area contributed by atoms with Crippen LogP contribution in [0.1, 0.15) is 206 Å². The van der Waals surface area contributed by atoms with Gasteiger partial charge in [0.25, 0.3) is 0 Å². The number of ether oxygens (including phenoxy) is 4. The summed E-state index contributed by atoms with van der Waals surface area (Å²) >= 11 is 11.4. The molecule has 1 saturated carbocycles. The molecule has 0 unspecified atom stereocenters. The summed E-state index contributed by atoms with van der Waals surface area (Å²) in [4.78, 5) is 115. The molecule has 1 aliphatic carbocycles. The lowest BCUT2D eigenvalue weighted by Gasteiger charge is -2.36. The topological polar surface area (TPSA) is 223 Å². The number of Topliss-reactive ketones (excluding diaryl/α,β-unsaturated/α-hetero) is 6. The van der Waals surface area contributed by atoms with Crippen molar-refractivity contribution in [2.24, 2.45) is 41.4 Å². The molecule has 0 aromatic heterocycles. The zero-order chi connectivity index (χ0) is 112. The number of hydrogen-bond acceptors (Lipinski definition) is 20. The van der Waals surface area contributed by atoms with Gasteiger partial charge < -0.3 is 49.2 Å². The Morgan fingerprint density at radius 2 is 0.517 bits per heavy atom. The standard InChI is InChI=1S/2C19H24F4N2O3.2C19H26F4N2O2.C16H21ClFNO.C15H21ClFNO/c2*1-12(2)18(27)15(11-24-6-8-25(9-7-24)13(3)26)14-4-5-17(16(20)10-14)28-19(21,22)23;2*1-4-24-7-9-25(10-8-24)12-15(18(26)13(2)3)14-5-6-17(16(20)11-14)27-19(21,22)23;1-10(2)16(20)13(9-19-8-11-3-4-11)12-5-6-14(17)15(18)7-12;1-9(2)15(19)12(8-18-10(3)4)11-5-6-13(16)14(17)7-11/h2*4-5,10,12,15H,6-9,11H2,1-3H3;2*5-6,11,13,15H,4,7-10,12H2,1-3H3;5-7,10-11,13,19H,3-4,8-9H2,1-2H3;5-7,9-10,12,18H,8H2,1-4H3/t4*15-;13-;12-/m101011/s1. The monoisotopic (exact) mass is 2170 g/mol. The maximum atomic E-state index is 14.1. The number of hydrogen-bond donors (Lipinski definition) is 2. The predicted octanol–water partition coefficient (Wildman–Crippen LogP) is 21.3. The minimum absolute atomic E-state index is 0.0169.